The summed E-state index contributed by atoms with van der Waals surface area (Å²) in [6, 6.07) is -0.174. The number of carbonyl (C=O) groups is 1. The van der Waals surface area contributed by atoms with Crippen LogP contribution in [0.3, 0.4) is 0 Å². The van der Waals surface area contributed by atoms with Gasteiger partial charge in [0.05, 0.1) is 12.6 Å². The van der Waals surface area contributed by atoms with Gasteiger partial charge in [-0.05, 0) is 39.5 Å². The lowest BCUT2D eigenvalue weighted by molar-refractivity contribution is -0.0606. The molecule has 2 aliphatic rings. The van der Waals surface area contributed by atoms with E-state index in [1.165, 1.54) is 0 Å². The number of ether oxygens (including phenoxy) is 2. The molecule has 2 rings (SSSR count). The van der Waals surface area contributed by atoms with Gasteiger partial charge in [0.1, 0.15) is 5.60 Å². The van der Waals surface area contributed by atoms with E-state index in [0.29, 0.717) is 25.6 Å². The normalized spacial score (nSPS) is 26.6. The molecule has 0 aromatic heterocycles. The number of amides is 1. The second kappa shape index (κ2) is 6.83. The lowest BCUT2D eigenvalue weighted by Gasteiger charge is -2.34. The van der Waals surface area contributed by atoms with E-state index in [4.69, 9.17) is 15.2 Å². The standard InChI is InChI=1S/C15H28N4O3/c1-15(2,3)22-14(20)19-7-5-11(6-8-19)10-21-13-12(16)9-17-18(13)4/h9,11-13H,5-8,10,16H2,1-4H3. The molecular formula is C15H28N4O3. The van der Waals surface area contributed by atoms with E-state index in [2.05, 4.69) is 5.10 Å². The summed E-state index contributed by atoms with van der Waals surface area (Å²) in [6.07, 6.45) is 3.15. The fourth-order valence-corrected chi connectivity index (χ4v) is 2.63. The van der Waals surface area contributed by atoms with E-state index in [0.717, 1.165) is 12.8 Å². The molecule has 2 heterocycles. The third-order valence-corrected chi connectivity index (χ3v) is 3.89. The van der Waals surface area contributed by atoms with Crippen LogP contribution in [0.4, 0.5) is 4.79 Å². The SMILES string of the molecule is CN1N=CC(N)C1OCC1CCN(C(=O)OC(C)(C)C)CC1. The van der Waals surface area contributed by atoms with Crippen molar-refractivity contribution in [3.63, 3.8) is 0 Å². The van der Waals surface area contributed by atoms with Gasteiger partial charge in [-0.3, -0.25) is 5.01 Å². The zero-order chi connectivity index (χ0) is 16.3. The Kier molecular flexibility index (Phi) is 5.28. The van der Waals surface area contributed by atoms with Crippen LogP contribution in [0.5, 0.6) is 0 Å². The predicted molar refractivity (Wildman–Crippen MR) is 84.5 cm³/mol. The van der Waals surface area contributed by atoms with E-state index in [1.807, 2.05) is 27.8 Å². The van der Waals surface area contributed by atoms with Crippen molar-refractivity contribution in [1.82, 2.24) is 9.91 Å². The summed E-state index contributed by atoms with van der Waals surface area (Å²) >= 11 is 0. The van der Waals surface area contributed by atoms with Gasteiger partial charge in [0.25, 0.3) is 0 Å². The third kappa shape index (κ3) is 4.58. The minimum absolute atomic E-state index is 0.174. The maximum absolute atomic E-state index is 12.0. The molecule has 0 saturated carbocycles. The number of rotatable bonds is 3. The largest absolute Gasteiger partial charge is 0.444 e. The summed E-state index contributed by atoms with van der Waals surface area (Å²) in [5.74, 6) is 0.444. The van der Waals surface area contributed by atoms with Crippen molar-refractivity contribution >= 4 is 12.3 Å². The molecule has 126 valence electrons. The van der Waals surface area contributed by atoms with Gasteiger partial charge in [-0.15, -0.1) is 0 Å². The Labute approximate surface area is 132 Å². The van der Waals surface area contributed by atoms with Crippen LogP contribution in [0.2, 0.25) is 0 Å². The smallest absolute Gasteiger partial charge is 0.410 e. The Hall–Kier alpha value is -1.34. The van der Waals surface area contributed by atoms with Crippen molar-refractivity contribution in [2.45, 2.75) is 51.5 Å². The van der Waals surface area contributed by atoms with Crippen LogP contribution in [-0.2, 0) is 9.47 Å². The number of nitrogens with zero attached hydrogens (tertiary/aromatic N) is 3. The highest BCUT2D eigenvalue weighted by atomic mass is 16.6. The van der Waals surface area contributed by atoms with E-state index in [-0.39, 0.29) is 18.4 Å². The zero-order valence-corrected chi connectivity index (χ0v) is 14.0. The van der Waals surface area contributed by atoms with Gasteiger partial charge in [0.15, 0.2) is 6.23 Å². The molecule has 2 unspecified atom stereocenters. The quantitative estimate of drug-likeness (QED) is 0.848. The van der Waals surface area contributed by atoms with Gasteiger partial charge in [-0.1, -0.05) is 0 Å². The first-order valence-electron chi connectivity index (χ1n) is 7.88. The van der Waals surface area contributed by atoms with Crippen LogP contribution in [0, 0.1) is 5.92 Å². The van der Waals surface area contributed by atoms with Crippen molar-refractivity contribution in [3.8, 4) is 0 Å². The fraction of sp³-hybridized carbons (Fsp3) is 0.867. The molecule has 7 nitrogen and oxygen atoms in total. The average Bonchev–Trinajstić information content (AvgIpc) is 2.74. The Balaban J connectivity index is 1.70. The first-order chi connectivity index (χ1) is 10.3. The molecule has 1 saturated heterocycles. The van der Waals surface area contributed by atoms with Gasteiger partial charge in [0, 0.05) is 26.4 Å². The number of hydrogen-bond donors (Lipinski definition) is 1. The van der Waals surface area contributed by atoms with Crippen LogP contribution in [0.15, 0.2) is 5.10 Å². The second-order valence-electron chi connectivity index (χ2n) is 7.05. The Morgan fingerprint density at radius 3 is 2.50 bits per heavy atom. The van der Waals surface area contributed by atoms with Crippen molar-refractivity contribution in [2.24, 2.45) is 16.8 Å². The van der Waals surface area contributed by atoms with Crippen molar-refractivity contribution in [3.05, 3.63) is 0 Å². The summed E-state index contributed by atoms with van der Waals surface area (Å²) in [5, 5.41) is 5.87. The lowest BCUT2D eigenvalue weighted by Crippen LogP contribution is -2.44. The molecule has 22 heavy (non-hydrogen) atoms. The highest BCUT2D eigenvalue weighted by molar-refractivity contribution is 5.68. The molecule has 0 aromatic rings. The number of hydrogen-bond acceptors (Lipinski definition) is 6. The van der Waals surface area contributed by atoms with Crippen molar-refractivity contribution < 1.29 is 14.3 Å². The number of piperidine rings is 1. The fourth-order valence-electron chi connectivity index (χ4n) is 2.63. The molecule has 2 aliphatic heterocycles. The summed E-state index contributed by atoms with van der Waals surface area (Å²) < 4.78 is 11.3. The Morgan fingerprint density at radius 1 is 1.36 bits per heavy atom. The topological polar surface area (TPSA) is 80.4 Å². The molecule has 1 amide bonds. The maximum Gasteiger partial charge on any atom is 0.410 e. The monoisotopic (exact) mass is 312 g/mol. The first kappa shape index (κ1) is 17.0. The molecule has 7 heteroatoms. The van der Waals surface area contributed by atoms with Crippen LogP contribution in [-0.4, -0.2) is 66.8 Å². The highest BCUT2D eigenvalue weighted by Gasteiger charge is 2.30. The molecule has 1 fully saturated rings. The van der Waals surface area contributed by atoms with Crippen LogP contribution in [0.25, 0.3) is 0 Å². The summed E-state index contributed by atoms with van der Waals surface area (Å²) in [5.41, 5.74) is 5.48. The van der Waals surface area contributed by atoms with E-state index >= 15 is 0 Å². The van der Waals surface area contributed by atoms with Gasteiger partial charge in [0.2, 0.25) is 0 Å². The Morgan fingerprint density at radius 2 is 2.00 bits per heavy atom. The van der Waals surface area contributed by atoms with Crippen LogP contribution < -0.4 is 5.73 Å². The summed E-state index contributed by atoms with van der Waals surface area (Å²) in [4.78, 5) is 13.8. The molecule has 0 bridgehead atoms. The van der Waals surface area contributed by atoms with E-state index in [1.54, 1.807) is 16.1 Å². The number of likely N-dealkylation sites (N-methyl/N-ethyl adjacent to an activating group) is 1. The summed E-state index contributed by atoms with van der Waals surface area (Å²) in [6.45, 7) is 7.73. The van der Waals surface area contributed by atoms with Gasteiger partial charge >= 0.3 is 6.09 Å². The highest BCUT2D eigenvalue weighted by Crippen LogP contribution is 2.21. The minimum Gasteiger partial charge on any atom is -0.444 e. The minimum atomic E-state index is -0.444. The maximum atomic E-state index is 12.0. The molecule has 0 aromatic carbocycles. The Bertz CT molecular complexity index is 402. The zero-order valence-electron chi connectivity index (χ0n) is 14.0. The van der Waals surface area contributed by atoms with Crippen LogP contribution in [0.1, 0.15) is 33.6 Å². The van der Waals surface area contributed by atoms with E-state index in [9.17, 15) is 4.79 Å². The summed E-state index contributed by atoms with van der Waals surface area (Å²) in [7, 11) is 1.86. The molecule has 0 radical (unpaired) electrons. The van der Waals surface area contributed by atoms with Crippen molar-refractivity contribution in [2.75, 3.05) is 26.7 Å². The van der Waals surface area contributed by atoms with Gasteiger partial charge < -0.3 is 20.1 Å². The number of likely N-dealkylation sites (tertiary alicyclic amines) is 1. The van der Waals surface area contributed by atoms with Crippen LogP contribution >= 0.6 is 0 Å². The predicted octanol–water partition coefficient (Wildman–Crippen LogP) is 1.23. The second-order valence-corrected chi connectivity index (χ2v) is 7.05. The van der Waals surface area contributed by atoms with Crippen molar-refractivity contribution in [1.29, 1.82) is 0 Å². The number of hydrazone groups is 1. The average molecular weight is 312 g/mol. The first-order valence-corrected chi connectivity index (χ1v) is 7.88. The molecule has 0 aliphatic carbocycles. The molecule has 2 atom stereocenters. The molecule has 2 N–H and O–H groups in total. The molecular weight excluding hydrogens is 284 g/mol. The third-order valence-electron chi connectivity index (χ3n) is 3.89. The number of nitrogens with two attached hydrogens (primary N) is 1. The lowest BCUT2D eigenvalue weighted by atomic mass is 9.98. The van der Waals surface area contributed by atoms with E-state index < -0.39 is 5.60 Å². The van der Waals surface area contributed by atoms with Gasteiger partial charge in [-0.25, -0.2) is 4.79 Å². The number of carbonyl (C=O) groups excluding carboxylic acids is 1. The molecule has 0 spiro atoms. The van der Waals surface area contributed by atoms with Gasteiger partial charge in [-0.2, -0.15) is 5.10 Å².